The van der Waals surface area contributed by atoms with Crippen molar-refractivity contribution in [2.75, 3.05) is 26.2 Å². The van der Waals surface area contributed by atoms with Crippen LogP contribution in [-0.4, -0.2) is 50.8 Å². The summed E-state index contributed by atoms with van der Waals surface area (Å²) in [5.41, 5.74) is 2.19. The van der Waals surface area contributed by atoms with Gasteiger partial charge in [-0.15, -0.1) is 0 Å². The van der Waals surface area contributed by atoms with Gasteiger partial charge in [-0.3, -0.25) is 14.5 Å². The molecule has 7 heteroatoms. The molecule has 0 spiro atoms. The summed E-state index contributed by atoms with van der Waals surface area (Å²) in [4.78, 5) is 30.9. The quantitative estimate of drug-likeness (QED) is 0.814. The molecule has 2 aromatic heterocycles. The molecule has 0 N–H and O–H groups in total. The maximum Gasteiger partial charge on any atom is 0.265 e. The van der Waals surface area contributed by atoms with Crippen LogP contribution in [0.2, 0.25) is 0 Å². The van der Waals surface area contributed by atoms with Crippen molar-refractivity contribution in [2.24, 2.45) is 5.92 Å². The van der Waals surface area contributed by atoms with Crippen molar-refractivity contribution in [3.05, 3.63) is 50.9 Å². The van der Waals surface area contributed by atoms with Crippen molar-refractivity contribution in [1.82, 2.24) is 18.7 Å². The Morgan fingerprint density at radius 3 is 2.78 bits per heavy atom. The van der Waals surface area contributed by atoms with Gasteiger partial charge >= 0.3 is 0 Å². The van der Waals surface area contributed by atoms with Crippen molar-refractivity contribution in [2.45, 2.75) is 38.3 Å². The molecule has 2 atom stereocenters. The number of nitrogens with zero attached hydrogens (tertiary/aromatic N) is 4. The van der Waals surface area contributed by atoms with Crippen LogP contribution >= 0.6 is 11.5 Å². The molecule has 5 rings (SSSR count). The first kappa shape index (κ1) is 17.1. The van der Waals surface area contributed by atoms with E-state index in [1.165, 1.54) is 24.4 Å². The van der Waals surface area contributed by atoms with Gasteiger partial charge in [-0.2, -0.15) is 0 Å². The van der Waals surface area contributed by atoms with Gasteiger partial charge in [-0.05, 0) is 61.9 Å². The van der Waals surface area contributed by atoms with Gasteiger partial charge in [0.25, 0.3) is 11.5 Å². The smallest absolute Gasteiger partial charge is 0.265 e. The third kappa shape index (κ3) is 3.12. The molecule has 0 saturated carbocycles. The van der Waals surface area contributed by atoms with E-state index in [0.29, 0.717) is 17.3 Å². The number of pyridine rings is 1. The van der Waals surface area contributed by atoms with Crippen LogP contribution in [0.3, 0.4) is 0 Å². The molecule has 2 aromatic rings. The molecule has 0 radical (unpaired) electrons. The molecular formula is C20H24N4O2S. The number of aromatic nitrogens is 2. The number of carbonyl (C=O) groups is 1. The maximum absolute atomic E-state index is 13.1. The van der Waals surface area contributed by atoms with Crippen molar-refractivity contribution in [3.8, 4) is 0 Å². The Bertz CT molecular complexity index is 901. The van der Waals surface area contributed by atoms with Crippen molar-refractivity contribution in [3.63, 3.8) is 0 Å². The second kappa shape index (κ2) is 6.87. The zero-order valence-corrected chi connectivity index (χ0v) is 16.2. The van der Waals surface area contributed by atoms with Crippen LogP contribution in [-0.2, 0) is 13.1 Å². The minimum absolute atomic E-state index is 0.0775. The summed E-state index contributed by atoms with van der Waals surface area (Å²) in [7, 11) is 0. The van der Waals surface area contributed by atoms with E-state index in [1.807, 2.05) is 15.5 Å². The number of rotatable bonds is 3. The molecule has 2 fully saturated rings. The third-order valence-corrected chi connectivity index (χ3v) is 6.95. The Morgan fingerprint density at radius 2 is 2.00 bits per heavy atom. The second-order valence-electron chi connectivity index (χ2n) is 8.07. The fraction of sp³-hybridized carbons (Fsp3) is 0.550. The lowest BCUT2D eigenvalue weighted by Crippen LogP contribution is -2.49. The normalized spacial score (nSPS) is 24.8. The van der Waals surface area contributed by atoms with Gasteiger partial charge in [0.2, 0.25) is 0 Å². The highest BCUT2D eigenvalue weighted by Crippen LogP contribution is 2.36. The predicted octanol–water partition coefficient (Wildman–Crippen LogP) is 2.16. The summed E-state index contributed by atoms with van der Waals surface area (Å²) in [5.74, 6) is 0.685. The van der Waals surface area contributed by atoms with Gasteiger partial charge in [0.1, 0.15) is 4.88 Å². The highest BCUT2D eigenvalue weighted by molar-refractivity contribution is 7.08. The van der Waals surface area contributed by atoms with E-state index >= 15 is 0 Å². The summed E-state index contributed by atoms with van der Waals surface area (Å²) >= 11 is 1.26. The summed E-state index contributed by atoms with van der Waals surface area (Å²) in [6.45, 7) is 5.12. The highest BCUT2D eigenvalue weighted by atomic mass is 32.1. The Hall–Kier alpha value is -1.99. The van der Waals surface area contributed by atoms with E-state index in [9.17, 15) is 9.59 Å². The minimum Gasteiger partial charge on any atom is -0.337 e. The number of carbonyl (C=O) groups excluding carboxylic acids is 1. The molecule has 0 aliphatic carbocycles. The van der Waals surface area contributed by atoms with E-state index in [0.717, 1.165) is 50.4 Å². The molecule has 1 amide bonds. The van der Waals surface area contributed by atoms with Crippen molar-refractivity contribution in [1.29, 1.82) is 0 Å². The van der Waals surface area contributed by atoms with Gasteiger partial charge in [-0.25, -0.2) is 4.37 Å². The molecule has 3 aliphatic heterocycles. The Labute approximate surface area is 162 Å². The van der Waals surface area contributed by atoms with Crippen LogP contribution in [0.15, 0.2) is 29.2 Å². The molecule has 2 saturated heterocycles. The van der Waals surface area contributed by atoms with Gasteiger partial charge < -0.3 is 9.47 Å². The molecule has 3 aliphatic rings. The van der Waals surface area contributed by atoms with Crippen molar-refractivity contribution < 1.29 is 4.79 Å². The highest BCUT2D eigenvalue weighted by Gasteiger charge is 2.37. The summed E-state index contributed by atoms with van der Waals surface area (Å²) in [5, 5.41) is 0. The number of hydrogen-bond acceptors (Lipinski definition) is 5. The Balaban J connectivity index is 1.40. The molecule has 5 heterocycles. The number of hydrogen-bond donors (Lipinski definition) is 0. The van der Waals surface area contributed by atoms with E-state index in [1.54, 1.807) is 12.3 Å². The number of fused-ring (bicyclic) bond motifs is 4. The van der Waals surface area contributed by atoms with Gasteiger partial charge in [-0.1, -0.05) is 6.07 Å². The zero-order chi connectivity index (χ0) is 18.4. The van der Waals surface area contributed by atoms with E-state index in [4.69, 9.17) is 0 Å². The molecule has 142 valence electrons. The van der Waals surface area contributed by atoms with Gasteiger partial charge in [0, 0.05) is 49.6 Å². The standard InChI is InChI=1S/C20H24N4O2S/c25-19-15(12-22-7-1-2-8-22)3-4-17-16-9-14(11-24(17)19)10-23(13-16)20(26)18-5-6-21-27-18/h3-6,14,16H,1-2,7-13H2/t14-,16+/m0/s1. The molecular weight excluding hydrogens is 360 g/mol. The average Bonchev–Trinajstić information content (AvgIpc) is 3.37. The topological polar surface area (TPSA) is 58.4 Å². The Kier molecular flexibility index (Phi) is 4.36. The van der Waals surface area contributed by atoms with Crippen LogP contribution < -0.4 is 5.56 Å². The summed E-state index contributed by atoms with van der Waals surface area (Å²) in [6, 6.07) is 5.95. The first-order valence-electron chi connectivity index (χ1n) is 9.84. The number of amides is 1. The van der Waals surface area contributed by atoms with E-state index < -0.39 is 0 Å². The van der Waals surface area contributed by atoms with Gasteiger partial charge in [0.15, 0.2) is 0 Å². The fourth-order valence-corrected chi connectivity index (χ4v) is 5.50. The monoisotopic (exact) mass is 384 g/mol. The van der Waals surface area contributed by atoms with Crippen LogP contribution in [0.5, 0.6) is 0 Å². The molecule has 27 heavy (non-hydrogen) atoms. The lowest BCUT2D eigenvalue weighted by Gasteiger charge is -2.42. The molecule has 0 unspecified atom stereocenters. The Morgan fingerprint density at radius 1 is 1.15 bits per heavy atom. The van der Waals surface area contributed by atoms with Gasteiger partial charge in [0.05, 0.1) is 0 Å². The second-order valence-corrected chi connectivity index (χ2v) is 8.90. The summed E-state index contributed by atoms with van der Waals surface area (Å²) in [6.07, 6.45) is 5.22. The largest absolute Gasteiger partial charge is 0.337 e. The van der Waals surface area contributed by atoms with E-state index in [-0.39, 0.29) is 17.4 Å². The average molecular weight is 385 g/mol. The maximum atomic E-state index is 13.1. The van der Waals surface area contributed by atoms with Crippen LogP contribution in [0.1, 0.15) is 46.1 Å². The first-order valence-corrected chi connectivity index (χ1v) is 10.6. The fourth-order valence-electron chi connectivity index (χ4n) is 4.94. The first-order chi connectivity index (χ1) is 13.2. The van der Waals surface area contributed by atoms with Crippen LogP contribution in [0.4, 0.5) is 0 Å². The van der Waals surface area contributed by atoms with Crippen LogP contribution in [0, 0.1) is 5.92 Å². The van der Waals surface area contributed by atoms with Crippen LogP contribution in [0.25, 0.3) is 0 Å². The summed E-state index contributed by atoms with van der Waals surface area (Å²) < 4.78 is 6.05. The van der Waals surface area contributed by atoms with Crippen molar-refractivity contribution >= 4 is 17.4 Å². The lowest BCUT2D eigenvalue weighted by atomic mass is 9.83. The molecule has 0 aromatic carbocycles. The van der Waals surface area contributed by atoms with E-state index in [2.05, 4.69) is 15.3 Å². The lowest BCUT2D eigenvalue weighted by molar-refractivity contribution is 0.0599. The number of piperidine rings is 1. The number of likely N-dealkylation sites (tertiary alicyclic amines) is 2. The zero-order valence-electron chi connectivity index (χ0n) is 15.3. The minimum atomic E-state index is 0.0775. The third-order valence-electron chi connectivity index (χ3n) is 6.21. The molecule has 2 bridgehead atoms. The SMILES string of the molecule is O=C(c1ccns1)N1C[C@@H]2C[C@H](C1)c1ccc(CN3CCCC3)c(=O)n1C2. The predicted molar refractivity (Wildman–Crippen MR) is 104 cm³/mol. The molecule has 6 nitrogen and oxygen atoms in total.